The van der Waals surface area contributed by atoms with Crippen LogP contribution in [0.15, 0.2) is 24.5 Å². The number of amides is 2. The molecule has 4 rings (SSSR count). The van der Waals surface area contributed by atoms with Crippen molar-refractivity contribution in [3.63, 3.8) is 0 Å². The van der Waals surface area contributed by atoms with Crippen LogP contribution < -0.4 is 5.32 Å². The summed E-state index contributed by atoms with van der Waals surface area (Å²) < 4.78 is 0. The van der Waals surface area contributed by atoms with Crippen LogP contribution in [0.25, 0.3) is 0 Å². The number of carbonyl (C=O) groups excluding carboxylic acids is 2. The average Bonchev–Trinajstić information content (AvgIpc) is 3.39. The minimum absolute atomic E-state index is 0.00987. The molecule has 122 valence electrons. The molecule has 0 aromatic carbocycles. The Bertz CT molecular complexity index is 657. The average molecular weight is 313 g/mol. The molecule has 2 saturated carbocycles. The number of rotatable bonds is 4. The summed E-state index contributed by atoms with van der Waals surface area (Å²) in [6, 6.07) is 3.81. The Balaban J connectivity index is 1.45. The molecule has 2 heterocycles. The Morgan fingerprint density at radius 1 is 1.39 bits per heavy atom. The molecule has 3 atom stereocenters. The molecule has 23 heavy (non-hydrogen) atoms. The van der Waals surface area contributed by atoms with Crippen LogP contribution in [0.4, 0.5) is 0 Å². The van der Waals surface area contributed by atoms with Gasteiger partial charge < -0.3 is 10.2 Å². The lowest BCUT2D eigenvalue weighted by Crippen LogP contribution is -2.51. The van der Waals surface area contributed by atoms with Gasteiger partial charge in [-0.3, -0.25) is 14.6 Å². The molecule has 1 aromatic rings. The lowest BCUT2D eigenvalue weighted by atomic mass is 10.1. The second-order valence-electron chi connectivity index (χ2n) is 7.89. The van der Waals surface area contributed by atoms with E-state index < -0.39 is 5.54 Å². The Kier molecular flexibility index (Phi) is 3.06. The first kappa shape index (κ1) is 14.7. The predicted molar refractivity (Wildman–Crippen MR) is 85.1 cm³/mol. The van der Waals surface area contributed by atoms with Crippen molar-refractivity contribution in [1.82, 2.24) is 15.2 Å². The first-order chi connectivity index (χ1) is 10.9. The van der Waals surface area contributed by atoms with Crippen LogP contribution in [0.3, 0.4) is 0 Å². The zero-order valence-corrected chi connectivity index (χ0v) is 13.7. The molecule has 1 saturated heterocycles. The van der Waals surface area contributed by atoms with E-state index in [-0.39, 0.29) is 23.1 Å². The third kappa shape index (κ3) is 2.25. The second-order valence-corrected chi connectivity index (χ2v) is 7.89. The highest BCUT2D eigenvalue weighted by Gasteiger charge is 2.70. The fourth-order valence-electron chi connectivity index (χ4n) is 4.10. The zero-order valence-electron chi connectivity index (χ0n) is 13.7. The number of hydrogen-bond donors (Lipinski definition) is 1. The van der Waals surface area contributed by atoms with Crippen LogP contribution in [0, 0.1) is 17.3 Å². The van der Waals surface area contributed by atoms with Crippen molar-refractivity contribution in [2.24, 2.45) is 17.3 Å². The zero-order chi connectivity index (χ0) is 16.2. The van der Waals surface area contributed by atoms with E-state index in [0.717, 1.165) is 31.4 Å². The van der Waals surface area contributed by atoms with Crippen molar-refractivity contribution < 1.29 is 9.59 Å². The number of nitrogens with zero attached hydrogens (tertiary/aromatic N) is 2. The molecule has 3 aliphatic rings. The topological polar surface area (TPSA) is 62.3 Å². The summed E-state index contributed by atoms with van der Waals surface area (Å²) in [5, 5.41) is 3.02. The molecule has 0 spiro atoms. The van der Waals surface area contributed by atoms with Gasteiger partial charge in [0.1, 0.15) is 5.54 Å². The smallest absolute Gasteiger partial charge is 0.246 e. The van der Waals surface area contributed by atoms with E-state index in [1.165, 1.54) is 0 Å². The molecule has 5 heteroatoms. The van der Waals surface area contributed by atoms with Gasteiger partial charge in [-0.2, -0.15) is 0 Å². The third-order valence-electron chi connectivity index (χ3n) is 5.90. The van der Waals surface area contributed by atoms with Crippen LogP contribution in [-0.2, 0) is 16.1 Å². The summed E-state index contributed by atoms with van der Waals surface area (Å²) >= 11 is 0. The Morgan fingerprint density at radius 3 is 2.78 bits per heavy atom. The molecule has 0 radical (unpaired) electrons. The van der Waals surface area contributed by atoms with Gasteiger partial charge in [-0.25, -0.2) is 0 Å². The number of piperidine rings is 1. The Hall–Kier alpha value is -1.91. The van der Waals surface area contributed by atoms with Crippen molar-refractivity contribution in [2.45, 2.75) is 45.2 Å². The number of likely N-dealkylation sites (tertiary alicyclic amines) is 1. The highest BCUT2D eigenvalue weighted by Crippen LogP contribution is 2.59. The first-order valence-electron chi connectivity index (χ1n) is 8.44. The number of nitrogens with one attached hydrogen (secondary N) is 1. The van der Waals surface area contributed by atoms with Crippen LogP contribution in [-0.4, -0.2) is 33.8 Å². The molecular weight excluding hydrogens is 290 g/mol. The number of aromatic nitrogens is 1. The first-order valence-corrected chi connectivity index (χ1v) is 8.44. The molecule has 2 amide bonds. The van der Waals surface area contributed by atoms with E-state index in [9.17, 15) is 9.59 Å². The minimum Gasteiger partial charge on any atom is -0.350 e. The van der Waals surface area contributed by atoms with Crippen LogP contribution in [0.5, 0.6) is 0 Å². The second kappa shape index (κ2) is 4.79. The summed E-state index contributed by atoms with van der Waals surface area (Å²) in [6.07, 6.45) is 6.20. The van der Waals surface area contributed by atoms with Gasteiger partial charge in [0.15, 0.2) is 0 Å². The largest absolute Gasteiger partial charge is 0.350 e. The number of carbonyl (C=O) groups is 2. The van der Waals surface area contributed by atoms with Crippen molar-refractivity contribution >= 4 is 11.8 Å². The van der Waals surface area contributed by atoms with Gasteiger partial charge in [0.05, 0.1) is 0 Å². The Morgan fingerprint density at radius 2 is 2.17 bits per heavy atom. The van der Waals surface area contributed by atoms with Crippen molar-refractivity contribution in [3.8, 4) is 0 Å². The van der Waals surface area contributed by atoms with Crippen molar-refractivity contribution in [2.75, 3.05) is 6.54 Å². The van der Waals surface area contributed by atoms with Gasteiger partial charge in [-0.05, 0) is 42.2 Å². The van der Waals surface area contributed by atoms with E-state index in [1.54, 1.807) is 12.4 Å². The van der Waals surface area contributed by atoms with E-state index in [0.29, 0.717) is 12.5 Å². The summed E-state index contributed by atoms with van der Waals surface area (Å²) in [5.41, 5.74) is 0.531. The van der Waals surface area contributed by atoms with Gasteiger partial charge in [0.2, 0.25) is 11.8 Å². The molecule has 3 unspecified atom stereocenters. The molecule has 5 nitrogen and oxygen atoms in total. The third-order valence-corrected chi connectivity index (χ3v) is 5.90. The van der Waals surface area contributed by atoms with Gasteiger partial charge in [0.25, 0.3) is 0 Å². The van der Waals surface area contributed by atoms with Gasteiger partial charge in [-0.1, -0.05) is 19.9 Å². The highest BCUT2D eigenvalue weighted by atomic mass is 16.2. The maximum Gasteiger partial charge on any atom is 0.246 e. The van der Waals surface area contributed by atoms with Crippen molar-refractivity contribution in [1.29, 1.82) is 0 Å². The van der Waals surface area contributed by atoms with Gasteiger partial charge >= 0.3 is 0 Å². The lowest BCUT2D eigenvalue weighted by molar-refractivity contribution is -0.142. The van der Waals surface area contributed by atoms with Gasteiger partial charge in [0, 0.05) is 31.4 Å². The fourth-order valence-corrected chi connectivity index (χ4v) is 4.10. The number of pyridine rings is 1. The summed E-state index contributed by atoms with van der Waals surface area (Å²) in [5.74, 6) is 0.647. The SMILES string of the molecule is CC1(C)CC1C(=O)N1CCC2CC21C(=O)NCc1cccnc1. The molecule has 3 fully saturated rings. The summed E-state index contributed by atoms with van der Waals surface area (Å²) in [7, 11) is 0. The molecule has 1 aliphatic heterocycles. The monoisotopic (exact) mass is 313 g/mol. The molecule has 2 aliphatic carbocycles. The minimum atomic E-state index is -0.558. The van der Waals surface area contributed by atoms with Gasteiger partial charge in [-0.15, -0.1) is 0 Å². The molecule has 1 aromatic heterocycles. The maximum atomic E-state index is 12.8. The van der Waals surface area contributed by atoms with E-state index in [1.807, 2.05) is 17.0 Å². The van der Waals surface area contributed by atoms with E-state index in [4.69, 9.17) is 0 Å². The quantitative estimate of drug-likeness (QED) is 0.921. The molecule has 1 N–H and O–H groups in total. The standard InChI is InChI=1S/C18H23N3O2/c1-17(2)9-14(17)15(22)21-7-5-13-8-18(13,21)16(23)20-11-12-4-3-6-19-10-12/h3-4,6,10,13-14H,5,7-9,11H2,1-2H3,(H,20,23). The Labute approximate surface area is 136 Å². The van der Waals surface area contributed by atoms with E-state index >= 15 is 0 Å². The lowest BCUT2D eigenvalue weighted by Gasteiger charge is -2.28. The van der Waals surface area contributed by atoms with Crippen molar-refractivity contribution in [3.05, 3.63) is 30.1 Å². The predicted octanol–water partition coefficient (Wildman–Crippen LogP) is 1.73. The van der Waals surface area contributed by atoms with Crippen LogP contribution in [0.2, 0.25) is 0 Å². The maximum absolute atomic E-state index is 12.8. The van der Waals surface area contributed by atoms with Crippen LogP contribution >= 0.6 is 0 Å². The van der Waals surface area contributed by atoms with E-state index in [2.05, 4.69) is 24.1 Å². The van der Waals surface area contributed by atoms with Crippen LogP contribution in [0.1, 0.15) is 38.7 Å². The number of hydrogen-bond acceptors (Lipinski definition) is 3. The number of fused-ring (bicyclic) bond motifs is 1. The summed E-state index contributed by atoms with van der Waals surface area (Å²) in [6.45, 7) is 5.46. The summed E-state index contributed by atoms with van der Waals surface area (Å²) in [4.78, 5) is 31.5. The molecule has 0 bridgehead atoms. The highest BCUT2D eigenvalue weighted by molar-refractivity contribution is 5.97. The molecular formula is C18H23N3O2. The normalized spacial score (nSPS) is 33.0. The fraction of sp³-hybridized carbons (Fsp3) is 0.611.